The first-order valence-corrected chi connectivity index (χ1v) is 8.04. The third-order valence-corrected chi connectivity index (χ3v) is 4.28. The molecule has 3 N–H and O–H groups in total. The van der Waals surface area contributed by atoms with Crippen molar-refractivity contribution in [2.45, 2.75) is 33.7 Å². The zero-order valence-electron chi connectivity index (χ0n) is 12.7. The molecule has 0 unspecified atom stereocenters. The lowest BCUT2D eigenvalue weighted by Crippen LogP contribution is -2.12. The number of rotatable bonds is 6. The average molecular weight is 306 g/mol. The van der Waals surface area contributed by atoms with Crippen LogP contribution in [0.15, 0.2) is 18.2 Å². The Hall–Kier alpha value is -1.59. The number of benzene rings is 1. The number of nitrogens with zero attached hydrogens (tertiary/aromatic N) is 1. The summed E-state index contributed by atoms with van der Waals surface area (Å²) in [5.41, 5.74) is 1.96. The number of aromatic hydroxyl groups is 2. The van der Waals surface area contributed by atoms with Gasteiger partial charge in [-0.05, 0) is 37.1 Å². The van der Waals surface area contributed by atoms with Crippen LogP contribution >= 0.6 is 11.3 Å². The van der Waals surface area contributed by atoms with Crippen molar-refractivity contribution in [2.75, 3.05) is 6.54 Å². The molecule has 0 aliphatic carbocycles. The summed E-state index contributed by atoms with van der Waals surface area (Å²) < 4.78 is 0. The molecule has 2 aromatic rings. The fourth-order valence-corrected chi connectivity index (χ4v) is 3.14. The number of thiazole rings is 1. The Morgan fingerprint density at radius 3 is 2.62 bits per heavy atom. The van der Waals surface area contributed by atoms with Gasteiger partial charge in [0.25, 0.3) is 0 Å². The molecule has 1 heterocycles. The predicted octanol–water partition coefficient (Wildman–Crippen LogP) is 3.53. The molecule has 1 aromatic carbocycles. The molecular weight excluding hydrogens is 284 g/mol. The van der Waals surface area contributed by atoms with Crippen LogP contribution in [0.1, 0.15) is 31.3 Å². The minimum absolute atomic E-state index is 0.106. The second-order valence-corrected chi connectivity index (χ2v) is 6.55. The Labute approximate surface area is 129 Å². The van der Waals surface area contributed by atoms with E-state index in [0.717, 1.165) is 35.8 Å². The molecule has 0 fully saturated rings. The van der Waals surface area contributed by atoms with Crippen LogP contribution in [0.25, 0.3) is 10.6 Å². The largest absolute Gasteiger partial charge is 0.504 e. The lowest BCUT2D eigenvalue weighted by atomic mass is 10.1. The standard InChI is InChI=1S/C16H22N2O2S/c1-4-17-9-15-12(7-10(2)3)18-16(21-15)11-5-6-13(19)14(20)8-11/h5-6,8,10,17,19-20H,4,7,9H2,1-3H3. The van der Waals surface area contributed by atoms with Gasteiger partial charge in [-0.3, -0.25) is 0 Å². The van der Waals surface area contributed by atoms with Crippen LogP contribution < -0.4 is 5.32 Å². The molecule has 0 saturated heterocycles. The molecule has 1 aromatic heterocycles. The minimum atomic E-state index is -0.110. The zero-order chi connectivity index (χ0) is 15.4. The van der Waals surface area contributed by atoms with Crippen molar-refractivity contribution in [1.29, 1.82) is 0 Å². The van der Waals surface area contributed by atoms with Gasteiger partial charge < -0.3 is 15.5 Å². The highest BCUT2D eigenvalue weighted by molar-refractivity contribution is 7.15. The van der Waals surface area contributed by atoms with E-state index < -0.39 is 0 Å². The molecule has 2 rings (SSSR count). The summed E-state index contributed by atoms with van der Waals surface area (Å²) in [5, 5.41) is 23.3. The first-order valence-electron chi connectivity index (χ1n) is 7.22. The Balaban J connectivity index is 2.34. The molecule has 5 heteroatoms. The second kappa shape index (κ2) is 6.91. The van der Waals surface area contributed by atoms with Gasteiger partial charge in [0.15, 0.2) is 11.5 Å². The van der Waals surface area contributed by atoms with Crippen molar-refractivity contribution in [2.24, 2.45) is 5.92 Å². The van der Waals surface area contributed by atoms with Crippen LogP contribution in [0.3, 0.4) is 0 Å². The Morgan fingerprint density at radius 2 is 2.00 bits per heavy atom. The van der Waals surface area contributed by atoms with Crippen molar-refractivity contribution in [3.63, 3.8) is 0 Å². The molecule has 0 aliphatic rings. The van der Waals surface area contributed by atoms with E-state index in [4.69, 9.17) is 4.98 Å². The van der Waals surface area contributed by atoms with Crippen LogP contribution in [-0.4, -0.2) is 21.7 Å². The fraction of sp³-hybridized carbons (Fsp3) is 0.438. The zero-order valence-corrected chi connectivity index (χ0v) is 13.5. The van der Waals surface area contributed by atoms with Crippen LogP contribution in [-0.2, 0) is 13.0 Å². The van der Waals surface area contributed by atoms with Crippen molar-refractivity contribution in [3.8, 4) is 22.1 Å². The number of nitrogens with one attached hydrogen (secondary N) is 1. The summed E-state index contributed by atoms with van der Waals surface area (Å²) in [6, 6.07) is 4.84. The monoisotopic (exact) mass is 306 g/mol. The summed E-state index contributed by atoms with van der Waals surface area (Å²) in [5.74, 6) is 0.334. The number of hydrogen-bond donors (Lipinski definition) is 3. The van der Waals surface area contributed by atoms with E-state index in [9.17, 15) is 10.2 Å². The molecule has 4 nitrogen and oxygen atoms in total. The summed E-state index contributed by atoms with van der Waals surface area (Å²) in [6.45, 7) is 8.20. The second-order valence-electron chi connectivity index (χ2n) is 5.47. The first-order chi connectivity index (χ1) is 10.0. The van der Waals surface area contributed by atoms with Gasteiger partial charge in [0, 0.05) is 17.0 Å². The normalized spacial score (nSPS) is 11.2. The first kappa shape index (κ1) is 15.8. The van der Waals surface area contributed by atoms with Gasteiger partial charge in [-0.2, -0.15) is 0 Å². The average Bonchev–Trinajstić information content (AvgIpc) is 2.82. The highest BCUT2D eigenvalue weighted by Gasteiger charge is 2.14. The lowest BCUT2D eigenvalue weighted by molar-refractivity contribution is 0.404. The maximum absolute atomic E-state index is 9.64. The Bertz CT molecular complexity index is 608. The van der Waals surface area contributed by atoms with Gasteiger partial charge in [-0.1, -0.05) is 20.8 Å². The highest BCUT2D eigenvalue weighted by Crippen LogP contribution is 2.34. The molecule has 21 heavy (non-hydrogen) atoms. The molecule has 0 aliphatic heterocycles. The maximum atomic E-state index is 9.64. The molecule has 114 valence electrons. The number of hydrogen-bond acceptors (Lipinski definition) is 5. The van der Waals surface area contributed by atoms with Crippen molar-refractivity contribution >= 4 is 11.3 Å². The van der Waals surface area contributed by atoms with Crippen molar-refractivity contribution < 1.29 is 10.2 Å². The minimum Gasteiger partial charge on any atom is -0.504 e. The summed E-state index contributed by atoms with van der Waals surface area (Å²) >= 11 is 1.64. The van der Waals surface area contributed by atoms with E-state index in [-0.39, 0.29) is 11.5 Å². The third kappa shape index (κ3) is 3.95. The van der Waals surface area contributed by atoms with Crippen molar-refractivity contribution in [1.82, 2.24) is 10.3 Å². The number of aromatic nitrogens is 1. The fourth-order valence-electron chi connectivity index (χ4n) is 2.09. The molecule has 0 atom stereocenters. The van der Waals surface area contributed by atoms with E-state index in [2.05, 4.69) is 26.1 Å². The van der Waals surface area contributed by atoms with Crippen LogP contribution in [0.5, 0.6) is 11.5 Å². The van der Waals surface area contributed by atoms with Crippen molar-refractivity contribution in [3.05, 3.63) is 28.8 Å². The van der Waals surface area contributed by atoms with E-state index >= 15 is 0 Å². The molecular formula is C16H22N2O2S. The van der Waals surface area contributed by atoms with Gasteiger partial charge >= 0.3 is 0 Å². The van der Waals surface area contributed by atoms with Gasteiger partial charge in [-0.25, -0.2) is 4.98 Å². The summed E-state index contributed by atoms with van der Waals surface area (Å²) in [4.78, 5) is 5.97. The molecule has 0 amide bonds. The maximum Gasteiger partial charge on any atom is 0.158 e. The molecule has 0 bridgehead atoms. The lowest BCUT2D eigenvalue weighted by Gasteiger charge is -2.04. The Kier molecular flexibility index (Phi) is 5.20. The number of phenolic OH excluding ortho intramolecular Hbond substituents is 2. The Morgan fingerprint density at radius 1 is 1.24 bits per heavy atom. The predicted molar refractivity (Wildman–Crippen MR) is 86.8 cm³/mol. The highest BCUT2D eigenvalue weighted by atomic mass is 32.1. The third-order valence-electron chi connectivity index (χ3n) is 3.14. The SMILES string of the molecule is CCNCc1sc(-c2ccc(O)c(O)c2)nc1CC(C)C. The quantitative estimate of drug-likeness (QED) is 0.714. The van der Waals surface area contributed by atoms with Gasteiger partial charge in [-0.15, -0.1) is 11.3 Å². The summed E-state index contributed by atoms with van der Waals surface area (Å²) in [7, 11) is 0. The summed E-state index contributed by atoms with van der Waals surface area (Å²) in [6.07, 6.45) is 0.946. The topological polar surface area (TPSA) is 65.4 Å². The van der Waals surface area contributed by atoms with E-state index in [0.29, 0.717) is 5.92 Å². The van der Waals surface area contributed by atoms with Gasteiger partial charge in [0.05, 0.1) is 5.69 Å². The van der Waals surface area contributed by atoms with E-state index in [1.165, 1.54) is 10.9 Å². The molecule has 0 spiro atoms. The van der Waals surface area contributed by atoms with Gasteiger partial charge in [0.1, 0.15) is 5.01 Å². The van der Waals surface area contributed by atoms with E-state index in [1.54, 1.807) is 23.5 Å². The van der Waals surface area contributed by atoms with Crippen LogP contribution in [0, 0.1) is 5.92 Å². The molecule has 0 saturated carbocycles. The number of phenols is 2. The van der Waals surface area contributed by atoms with Crippen LogP contribution in [0.4, 0.5) is 0 Å². The smallest absolute Gasteiger partial charge is 0.158 e. The molecule has 0 radical (unpaired) electrons. The van der Waals surface area contributed by atoms with Crippen LogP contribution in [0.2, 0.25) is 0 Å². The van der Waals surface area contributed by atoms with E-state index in [1.807, 2.05) is 0 Å². The van der Waals surface area contributed by atoms with Gasteiger partial charge in [0.2, 0.25) is 0 Å².